The van der Waals surface area contributed by atoms with Gasteiger partial charge in [-0.15, -0.1) is 0 Å². The number of benzene rings is 3. The van der Waals surface area contributed by atoms with Crippen LogP contribution in [0.25, 0.3) is 28.6 Å². The number of aliphatic imine (C=N–C) groups is 1. The number of hydrogen-bond acceptors (Lipinski definition) is 5. The second-order valence-electron chi connectivity index (χ2n) is 8.60. The molecular weight excluding hydrogens is 482 g/mol. The molecule has 4 aromatic rings. The smallest absolute Gasteiger partial charge is 0.284 e. The van der Waals surface area contributed by atoms with E-state index in [1.54, 1.807) is 30.5 Å². The summed E-state index contributed by atoms with van der Waals surface area (Å²) in [5.74, 6) is 0.573. The lowest BCUT2D eigenvalue weighted by molar-refractivity contribution is -0.385. The number of halogens is 1. The highest BCUT2D eigenvalue weighted by Gasteiger charge is 2.15. The molecule has 0 fully saturated rings. The Kier molecular flexibility index (Phi) is 6.24. The van der Waals surface area contributed by atoms with Crippen LogP contribution in [-0.4, -0.2) is 16.1 Å². The Bertz CT molecular complexity index is 1380. The fraction of sp³-hybridized carbons (Fsp3) is 0.154. The molecule has 3 aromatic carbocycles. The van der Waals surface area contributed by atoms with Gasteiger partial charge in [0.25, 0.3) is 5.69 Å². The first-order valence-electron chi connectivity index (χ1n) is 10.4. The van der Waals surface area contributed by atoms with Gasteiger partial charge in [0.1, 0.15) is 5.52 Å². The SMILES string of the molecule is CC(C)(C)c1ccc(-c2nc3cc(N=C/C=C/c4ccc(Br)c([N+](=O)[O-])c4)ccc3o2)cc1. The summed E-state index contributed by atoms with van der Waals surface area (Å²) < 4.78 is 6.37. The molecule has 0 aliphatic carbocycles. The third-order valence-electron chi connectivity index (χ3n) is 5.13. The van der Waals surface area contributed by atoms with E-state index in [1.807, 2.05) is 30.3 Å². The van der Waals surface area contributed by atoms with Crippen molar-refractivity contribution in [3.63, 3.8) is 0 Å². The molecule has 0 radical (unpaired) electrons. The summed E-state index contributed by atoms with van der Waals surface area (Å²) in [7, 11) is 0. The molecule has 7 heteroatoms. The second-order valence-corrected chi connectivity index (χ2v) is 9.46. The zero-order valence-corrected chi connectivity index (χ0v) is 20.0. The zero-order chi connectivity index (χ0) is 23.6. The molecule has 0 aliphatic heterocycles. The maximum Gasteiger partial charge on any atom is 0.284 e. The van der Waals surface area contributed by atoms with E-state index in [0.29, 0.717) is 21.5 Å². The molecule has 0 bridgehead atoms. The van der Waals surface area contributed by atoms with Crippen LogP contribution in [0, 0.1) is 10.1 Å². The van der Waals surface area contributed by atoms with Crippen LogP contribution in [0.4, 0.5) is 11.4 Å². The van der Waals surface area contributed by atoms with Crippen molar-refractivity contribution < 1.29 is 9.34 Å². The minimum absolute atomic E-state index is 0.0226. The summed E-state index contributed by atoms with van der Waals surface area (Å²) in [6, 6.07) is 18.8. The van der Waals surface area contributed by atoms with Crippen LogP contribution in [0.5, 0.6) is 0 Å². The molecule has 1 aromatic heterocycles. The Morgan fingerprint density at radius 3 is 2.52 bits per heavy atom. The van der Waals surface area contributed by atoms with Crippen LogP contribution in [-0.2, 0) is 5.41 Å². The van der Waals surface area contributed by atoms with Gasteiger partial charge in [-0.25, -0.2) is 4.98 Å². The number of aromatic nitrogens is 1. The van der Waals surface area contributed by atoms with Gasteiger partial charge >= 0.3 is 0 Å². The van der Waals surface area contributed by atoms with Gasteiger partial charge in [-0.2, -0.15) is 0 Å². The first-order chi connectivity index (χ1) is 15.7. The van der Waals surface area contributed by atoms with Crippen molar-refractivity contribution >= 4 is 50.7 Å². The molecule has 0 amide bonds. The highest BCUT2D eigenvalue weighted by atomic mass is 79.9. The lowest BCUT2D eigenvalue weighted by Gasteiger charge is -2.18. The molecular formula is C26H22BrN3O3. The van der Waals surface area contributed by atoms with Crippen LogP contribution < -0.4 is 0 Å². The van der Waals surface area contributed by atoms with Gasteiger partial charge in [-0.1, -0.05) is 45.0 Å². The third-order valence-corrected chi connectivity index (χ3v) is 5.80. The molecule has 0 N–H and O–H groups in total. The Balaban J connectivity index is 1.51. The van der Waals surface area contributed by atoms with Crippen molar-refractivity contribution in [2.24, 2.45) is 4.99 Å². The van der Waals surface area contributed by atoms with Crippen LogP contribution in [0.15, 0.2) is 80.6 Å². The lowest BCUT2D eigenvalue weighted by Crippen LogP contribution is -2.10. The molecule has 0 aliphatic rings. The van der Waals surface area contributed by atoms with E-state index in [0.717, 1.165) is 16.8 Å². The Morgan fingerprint density at radius 1 is 1.06 bits per heavy atom. The fourth-order valence-corrected chi connectivity index (χ4v) is 3.68. The molecule has 0 spiro atoms. The standard InChI is InChI=1S/C26H22BrN3O3/c1-26(2,3)19-9-7-18(8-10-19)25-29-22-16-20(11-13-24(22)33-25)28-14-4-5-17-6-12-21(27)23(15-17)30(31)32/h4-16H,1-3H3/b5-4+,28-14?. The monoisotopic (exact) mass is 503 g/mol. The molecule has 6 nitrogen and oxygen atoms in total. The number of rotatable bonds is 5. The maximum atomic E-state index is 11.1. The number of oxazole rings is 1. The number of nitrogens with zero attached hydrogens (tertiary/aromatic N) is 3. The van der Waals surface area contributed by atoms with E-state index >= 15 is 0 Å². The van der Waals surface area contributed by atoms with Crippen molar-refractivity contribution in [2.45, 2.75) is 26.2 Å². The average molecular weight is 504 g/mol. The zero-order valence-electron chi connectivity index (χ0n) is 18.4. The van der Waals surface area contributed by atoms with Crippen LogP contribution in [0.1, 0.15) is 31.9 Å². The van der Waals surface area contributed by atoms with E-state index in [1.165, 1.54) is 11.6 Å². The van der Waals surface area contributed by atoms with E-state index < -0.39 is 4.92 Å². The van der Waals surface area contributed by atoms with Gasteiger partial charge in [-0.05, 0) is 74.9 Å². The summed E-state index contributed by atoms with van der Waals surface area (Å²) in [4.78, 5) is 19.7. The van der Waals surface area contributed by atoms with Crippen molar-refractivity contribution in [2.75, 3.05) is 0 Å². The van der Waals surface area contributed by atoms with Crippen molar-refractivity contribution in [1.82, 2.24) is 4.98 Å². The predicted octanol–water partition coefficient (Wildman–Crippen LogP) is 7.88. The molecule has 33 heavy (non-hydrogen) atoms. The molecule has 0 unspecified atom stereocenters. The number of hydrogen-bond donors (Lipinski definition) is 0. The van der Waals surface area contributed by atoms with Crippen molar-refractivity contribution in [3.05, 3.63) is 92.5 Å². The number of nitro benzene ring substituents is 1. The number of allylic oxidation sites excluding steroid dienone is 1. The first kappa shape index (κ1) is 22.6. The Labute approximate surface area is 200 Å². The number of fused-ring (bicyclic) bond motifs is 1. The second kappa shape index (κ2) is 9.11. The maximum absolute atomic E-state index is 11.1. The van der Waals surface area contributed by atoms with Gasteiger partial charge in [0.15, 0.2) is 5.58 Å². The Morgan fingerprint density at radius 2 is 1.82 bits per heavy atom. The van der Waals surface area contributed by atoms with Crippen LogP contribution in [0.3, 0.4) is 0 Å². The van der Waals surface area contributed by atoms with E-state index in [4.69, 9.17) is 4.42 Å². The minimum Gasteiger partial charge on any atom is -0.436 e. The predicted molar refractivity (Wildman–Crippen MR) is 136 cm³/mol. The topological polar surface area (TPSA) is 81.5 Å². The van der Waals surface area contributed by atoms with Gasteiger partial charge < -0.3 is 4.42 Å². The van der Waals surface area contributed by atoms with Gasteiger partial charge in [0.2, 0.25) is 5.89 Å². The third kappa shape index (κ3) is 5.26. The first-order valence-corrected chi connectivity index (χ1v) is 11.2. The summed E-state index contributed by atoms with van der Waals surface area (Å²) in [5.41, 5.74) is 5.17. The summed E-state index contributed by atoms with van der Waals surface area (Å²) in [6.45, 7) is 6.55. The van der Waals surface area contributed by atoms with Gasteiger partial charge in [-0.3, -0.25) is 15.1 Å². The minimum atomic E-state index is -0.421. The fourth-order valence-electron chi connectivity index (χ4n) is 3.29. The highest BCUT2D eigenvalue weighted by Crippen LogP contribution is 2.30. The van der Waals surface area contributed by atoms with Crippen molar-refractivity contribution in [3.8, 4) is 11.5 Å². The normalized spacial score (nSPS) is 12.2. The van der Waals surface area contributed by atoms with E-state index in [-0.39, 0.29) is 11.1 Å². The molecule has 0 saturated heterocycles. The van der Waals surface area contributed by atoms with Crippen LogP contribution in [0.2, 0.25) is 0 Å². The summed E-state index contributed by atoms with van der Waals surface area (Å²) >= 11 is 3.18. The number of nitro groups is 1. The van der Waals surface area contributed by atoms with E-state index in [9.17, 15) is 10.1 Å². The largest absolute Gasteiger partial charge is 0.436 e. The summed E-state index contributed by atoms with van der Waals surface area (Å²) in [5, 5.41) is 11.1. The molecule has 166 valence electrons. The molecule has 4 rings (SSSR count). The van der Waals surface area contributed by atoms with Gasteiger partial charge in [0, 0.05) is 17.8 Å². The van der Waals surface area contributed by atoms with Crippen LogP contribution >= 0.6 is 15.9 Å². The van der Waals surface area contributed by atoms with E-state index in [2.05, 4.69) is 58.8 Å². The highest BCUT2D eigenvalue weighted by molar-refractivity contribution is 9.10. The summed E-state index contributed by atoms with van der Waals surface area (Å²) in [6.07, 6.45) is 5.14. The molecule has 0 atom stereocenters. The van der Waals surface area contributed by atoms with Crippen molar-refractivity contribution in [1.29, 1.82) is 0 Å². The quantitative estimate of drug-likeness (QED) is 0.157. The van der Waals surface area contributed by atoms with Gasteiger partial charge in [0.05, 0.1) is 15.1 Å². The average Bonchev–Trinajstić information content (AvgIpc) is 3.20. The lowest BCUT2D eigenvalue weighted by atomic mass is 9.87. The molecule has 1 heterocycles. The molecule has 0 saturated carbocycles. The Hall–Kier alpha value is -3.58.